The first kappa shape index (κ1) is 14.3. The molecule has 0 saturated heterocycles. The van der Waals surface area contributed by atoms with Crippen molar-refractivity contribution in [1.29, 1.82) is 0 Å². The molecule has 3 nitrogen and oxygen atoms in total. The molecule has 3 heteroatoms. The van der Waals surface area contributed by atoms with Gasteiger partial charge in [0.2, 0.25) is 5.88 Å². The van der Waals surface area contributed by atoms with E-state index in [4.69, 9.17) is 4.74 Å². The zero-order valence-corrected chi connectivity index (χ0v) is 12.4. The minimum Gasteiger partial charge on any atom is -0.474 e. The Balaban J connectivity index is 2.06. The Morgan fingerprint density at radius 3 is 3.05 bits per heavy atom. The molecular formula is C16H26N2O. The Morgan fingerprint density at radius 2 is 2.32 bits per heavy atom. The normalized spacial score (nSPS) is 25.0. The van der Waals surface area contributed by atoms with Gasteiger partial charge in [0.05, 0.1) is 0 Å². The van der Waals surface area contributed by atoms with Crippen molar-refractivity contribution in [2.24, 2.45) is 5.92 Å². The van der Waals surface area contributed by atoms with E-state index in [9.17, 15) is 0 Å². The molecule has 0 aromatic carbocycles. The fraction of sp³-hybridized carbons (Fsp3) is 0.688. The molecule has 3 atom stereocenters. The van der Waals surface area contributed by atoms with Crippen molar-refractivity contribution >= 4 is 0 Å². The molecule has 106 valence electrons. The zero-order chi connectivity index (χ0) is 13.7. The quantitative estimate of drug-likeness (QED) is 0.878. The number of pyridine rings is 1. The van der Waals surface area contributed by atoms with E-state index in [1.165, 1.54) is 18.4 Å². The summed E-state index contributed by atoms with van der Waals surface area (Å²) in [7, 11) is 0. The molecule has 1 aromatic rings. The van der Waals surface area contributed by atoms with Gasteiger partial charge in [0, 0.05) is 17.8 Å². The Bertz CT molecular complexity index is 394. The first-order valence-electron chi connectivity index (χ1n) is 7.55. The third kappa shape index (κ3) is 3.93. The van der Waals surface area contributed by atoms with E-state index in [-0.39, 0.29) is 6.04 Å². The summed E-state index contributed by atoms with van der Waals surface area (Å²) >= 11 is 0. The third-order valence-corrected chi connectivity index (χ3v) is 3.94. The fourth-order valence-electron chi connectivity index (χ4n) is 2.89. The van der Waals surface area contributed by atoms with Crippen LogP contribution in [0.1, 0.15) is 58.1 Å². The second-order valence-electron chi connectivity index (χ2n) is 5.69. The SMILES string of the molecule is CCNC(C)c1cccnc1OC1CCCC(C)C1. The number of ether oxygens (including phenoxy) is 1. The minimum atomic E-state index is 0.287. The maximum atomic E-state index is 6.17. The summed E-state index contributed by atoms with van der Waals surface area (Å²) in [5, 5.41) is 3.43. The topological polar surface area (TPSA) is 34.2 Å². The number of nitrogens with one attached hydrogen (secondary N) is 1. The van der Waals surface area contributed by atoms with Crippen LogP contribution in [0.2, 0.25) is 0 Å². The van der Waals surface area contributed by atoms with Gasteiger partial charge in [0.1, 0.15) is 6.10 Å². The van der Waals surface area contributed by atoms with Crippen molar-refractivity contribution in [2.75, 3.05) is 6.54 Å². The van der Waals surface area contributed by atoms with Crippen LogP contribution in [-0.2, 0) is 0 Å². The molecule has 19 heavy (non-hydrogen) atoms. The second-order valence-corrected chi connectivity index (χ2v) is 5.69. The molecule has 1 aromatic heterocycles. The molecule has 0 radical (unpaired) electrons. The van der Waals surface area contributed by atoms with Crippen LogP contribution in [-0.4, -0.2) is 17.6 Å². The van der Waals surface area contributed by atoms with E-state index in [1.54, 1.807) is 0 Å². The second kappa shape index (κ2) is 6.90. The lowest BCUT2D eigenvalue weighted by atomic mass is 9.89. The van der Waals surface area contributed by atoms with Crippen LogP contribution >= 0.6 is 0 Å². The molecule has 1 N–H and O–H groups in total. The van der Waals surface area contributed by atoms with E-state index < -0.39 is 0 Å². The van der Waals surface area contributed by atoms with Gasteiger partial charge in [-0.2, -0.15) is 0 Å². The first-order chi connectivity index (χ1) is 9.20. The van der Waals surface area contributed by atoms with E-state index in [1.807, 2.05) is 12.3 Å². The van der Waals surface area contributed by atoms with Crippen LogP contribution in [0.25, 0.3) is 0 Å². The molecular weight excluding hydrogens is 236 g/mol. The summed E-state index contributed by atoms with van der Waals surface area (Å²) in [4.78, 5) is 4.44. The van der Waals surface area contributed by atoms with Crippen LogP contribution in [0.3, 0.4) is 0 Å². The molecule has 1 fully saturated rings. The van der Waals surface area contributed by atoms with Crippen molar-refractivity contribution in [1.82, 2.24) is 10.3 Å². The molecule has 0 aliphatic heterocycles. The van der Waals surface area contributed by atoms with Gasteiger partial charge >= 0.3 is 0 Å². The van der Waals surface area contributed by atoms with Gasteiger partial charge in [-0.25, -0.2) is 4.98 Å². The smallest absolute Gasteiger partial charge is 0.218 e. The van der Waals surface area contributed by atoms with Gasteiger partial charge < -0.3 is 10.1 Å². The zero-order valence-electron chi connectivity index (χ0n) is 12.4. The van der Waals surface area contributed by atoms with Crippen molar-refractivity contribution in [2.45, 2.75) is 58.6 Å². The molecule has 1 aliphatic rings. The van der Waals surface area contributed by atoms with Crippen LogP contribution in [0.4, 0.5) is 0 Å². The Kier molecular flexibility index (Phi) is 5.20. The van der Waals surface area contributed by atoms with Crippen LogP contribution in [0.5, 0.6) is 5.88 Å². The summed E-state index contributed by atoms with van der Waals surface area (Å²) in [6.07, 6.45) is 7.09. The molecule has 1 aliphatic carbocycles. The highest BCUT2D eigenvalue weighted by molar-refractivity contribution is 5.28. The van der Waals surface area contributed by atoms with Crippen molar-refractivity contribution in [3.8, 4) is 5.88 Å². The van der Waals surface area contributed by atoms with Crippen molar-refractivity contribution < 1.29 is 4.74 Å². The largest absolute Gasteiger partial charge is 0.474 e. The van der Waals surface area contributed by atoms with Gasteiger partial charge in [-0.05, 0) is 44.7 Å². The number of hydrogen-bond donors (Lipinski definition) is 1. The van der Waals surface area contributed by atoms with Gasteiger partial charge in [-0.1, -0.05) is 26.3 Å². The highest BCUT2D eigenvalue weighted by Gasteiger charge is 2.22. The van der Waals surface area contributed by atoms with Gasteiger partial charge in [-0.3, -0.25) is 0 Å². The predicted molar refractivity (Wildman–Crippen MR) is 78.4 cm³/mol. The van der Waals surface area contributed by atoms with Crippen molar-refractivity contribution in [3.63, 3.8) is 0 Å². The molecule has 2 rings (SSSR count). The third-order valence-electron chi connectivity index (χ3n) is 3.94. The van der Waals surface area contributed by atoms with Gasteiger partial charge in [0.15, 0.2) is 0 Å². The molecule has 3 unspecified atom stereocenters. The molecule has 0 spiro atoms. The van der Waals surface area contributed by atoms with Crippen LogP contribution in [0.15, 0.2) is 18.3 Å². The van der Waals surface area contributed by atoms with E-state index >= 15 is 0 Å². The summed E-state index contributed by atoms with van der Waals surface area (Å²) in [5.74, 6) is 1.59. The van der Waals surface area contributed by atoms with Gasteiger partial charge in [-0.15, -0.1) is 0 Å². The Morgan fingerprint density at radius 1 is 1.47 bits per heavy atom. The summed E-state index contributed by atoms with van der Waals surface area (Å²) in [5.41, 5.74) is 1.17. The van der Waals surface area contributed by atoms with Gasteiger partial charge in [0.25, 0.3) is 0 Å². The summed E-state index contributed by atoms with van der Waals surface area (Å²) < 4.78 is 6.17. The maximum absolute atomic E-state index is 6.17. The van der Waals surface area contributed by atoms with Crippen molar-refractivity contribution in [3.05, 3.63) is 23.9 Å². The molecule has 0 amide bonds. The highest BCUT2D eigenvalue weighted by Crippen LogP contribution is 2.29. The monoisotopic (exact) mass is 262 g/mol. The summed E-state index contributed by atoms with van der Waals surface area (Å²) in [6.45, 7) is 7.55. The highest BCUT2D eigenvalue weighted by atomic mass is 16.5. The lowest BCUT2D eigenvalue weighted by molar-refractivity contribution is 0.122. The first-order valence-corrected chi connectivity index (χ1v) is 7.55. The number of aromatic nitrogens is 1. The number of rotatable bonds is 5. The molecule has 1 heterocycles. The van der Waals surface area contributed by atoms with E-state index in [0.29, 0.717) is 6.10 Å². The summed E-state index contributed by atoms with van der Waals surface area (Å²) in [6, 6.07) is 4.39. The predicted octanol–water partition coefficient (Wildman–Crippen LogP) is 3.71. The van der Waals surface area contributed by atoms with Crippen LogP contribution in [0, 0.1) is 5.92 Å². The number of nitrogens with zero attached hydrogens (tertiary/aromatic N) is 1. The Labute approximate surface area is 116 Å². The van der Waals surface area contributed by atoms with E-state index in [2.05, 4.69) is 37.1 Å². The molecule has 0 bridgehead atoms. The maximum Gasteiger partial charge on any atom is 0.218 e. The minimum absolute atomic E-state index is 0.287. The average Bonchev–Trinajstić information content (AvgIpc) is 2.39. The molecule has 1 saturated carbocycles. The fourth-order valence-corrected chi connectivity index (χ4v) is 2.89. The lowest BCUT2D eigenvalue weighted by Crippen LogP contribution is -2.26. The lowest BCUT2D eigenvalue weighted by Gasteiger charge is -2.28. The van der Waals surface area contributed by atoms with Crippen LogP contribution < -0.4 is 10.1 Å². The van der Waals surface area contributed by atoms with E-state index in [0.717, 1.165) is 31.2 Å². The Hall–Kier alpha value is -1.09. The number of hydrogen-bond acceptors (Lipinski definition) is 3. The standard InChI is InChI=1S/C16H26N2O/c1-4-17-13(3)15-9-6-10-18-16(15)19-14-8-5-7-12(2)11-14/h6,9-10,12-14,17H,4-5,7-8,11H2,1-3H3. The average molecular weight is 262 g/mol.